The van der Waals surface area contributed by atoms with Gasteiger partial charge in [-0.15, -0.1) is 0 Å². The first-order valence-corrected chi connectivity index (χ1v) is 13.2. The van der Waals surface area contributed by atoms with Gasteiger partial charge in [-0.1, -0.05) is 0 Å². The van der Waals surface area contributed by atoms with Crippen LogP contribution in [0.4, 0.5) is 0 Å². The summed E-state index contributed by atoms with van der Waals surface area (Å²) in [7, 11) is 3.29. The molecule has 34 heavy (non-hydrogen) atoms. The Morgan fingerprint density at radius 2 is 1.94 bits per heavy atom. The Balaban J connectivity index is 1.74. The maximum absolute atomic E-state index is 9.74. The summed E-state index contributed by atoms with van der Waals surface area (Å²) in [5.74, 6) is 3.68. The van der Waals surface area contributed by atoms with Gasteiger partial charge in [0.05, 0.1) is 0 Å². The normalized spacial score (nSPS) is 20.3. The molecule has 177 valence electrons. The molecule has 3 heterocycles. The first kappa shape index (κ1) is 23.4. The second-order valence-electron chi connectivity index (χ2n) is 9.26. The first-order valence-electron chi connectivity index (χ1n) is 11.5. The van der Waals surface area contributed by atoms with E-state index < -0.39 is 0 Å². The molecule has 3 radical (unpaired) electrons. The molecule has 7 heteroatoms. The molecule has 2 atom stereocenters. The molecule has 0 spiro atoms. The zero-order chi connectivity index (χ0) is 24.2. The second kappa shape index (κ2) is 8.72. The van der Waals surface area contributed by atoms with Crippen molar-refractivity contribution in [3.8, 4) is 23.0 Å². The first-order chi connectivity index (χ1) is 16.3. The van der Waals surface area contributed by atoms with Crippen LogP contribution in [0.1, 0.15) is 49.4 Å². The van der Waals surface area contributed by atoms with E-state index >= 15 is 0 Å². The fourth-order valence-corrected chi connectivity index (χ4v) is 5.66. The van der Waals surface area contributed by atoms with Gasteiger partial charge in [-0.25, -0.2) is 0 Å². The molecule has 0 bridgehead atoms. The second-order valence-corrected chi connectivity index (χ2v) is 11.3. The van der Waals surface area contributed by atoms with Crippen LogP contribution in [0.15, 0.2) is 30.3 Å². The molecular formula is C27H29O6Sn. The third-order valence-electron chi connectivity index (χ3n) is 6.58. The predicted octanol–water partition coefficient (Wildman–Crippen LogP) is 4.78. The van der Waals surface area contributed by atoms with Crippen molar-refractivity contribution in [2.24, 2.45) is 0 Å². The Hall–Kier alpha value is -2.32. The van der Waals surface area contributed by atoms with Gasteiger partial charge in [0, 0.05) is 0 Å². The van der Waals surface area contributed by atoms with Crippen LogP contribution in [0.25, 0.3) is 16.9 Å². The van der Waals surface area contributed by atoms with E-state index in [0.717, 1.165) is 45.9 Å². The van der Waals surface area contributed by atoms with E-state index in [-0.39, 0.29) is 18.3 Å². The zero-order valence-electron chi connectivity index (χ0n) is 20.2. The molecule has 0 amide bonds. The fraction of sp³-hybridized carbons (Fsp3) is 0.407. The van der Waals surface area contributed by atoms with Gasteiger partial charge >= 0.3 is 209 Å². The van der Waals surface area contributed by atoms with E-state index in [1.807, 2.05) is 24.3 Å². The summed E-state index contributed by atoms with van der Waals surface area (Å²) in [5.41, 5.74) is 5.27. The number of rotatable bonds is 5. The summed E-state index contributed by atoms with van der Waals surface area (Å²) < 4.78 is 31.1. The number of aliphatic hydroxyl groups excluding tert-OH is 1. The Labute approximate surface area is 213 Å². The van der Waals surface area contributed by atoms with Crippen LogP contribution in [0, 0.1) is 0 Å². The molecule has 0 saturated heterocycles. The number of ether oxygens (including phenoxy) is 5. The molecule has 5 rings (SSSR count). The summed E-state index contributed by atoms with van der Waals surface area (Å²) in [5, 5.41) is 9.74. The van der Waals surface area contributed by atoms with Crippen molar-refractivity contribution in [1.82, 2.24) is 0 Å². The number of hydrogen-bond acceptors (Lipinski definition) is 6. The molecule has 2 aromatic carbocycles. The van der Waals surface area contributed by atoms with Crippen LogP contribution < -0.4 is 18.9 Å². The van der Waals surface area contributed by atoms with Crippen molar-refractivity contribution >= 4 is 39.4 Å². The van der Waals surface area contributed by atoms with Crippen LogP contribution in [0.5, 0.6) is 23.0 Å². The van der Waals surface area contributed by atoms with E-state index in [0.29, 0.717) is 27.6 Å². The SMILES string of the molecule is CC[CH]([Sn])C1=CC(C)(C)Oc2ccc3c(c21)O[C@@H]1COc2cc(CO)c(OC)cc2C1=C3OC. The van der Waals surface area contributed by atoms with Crippen molar-refractivity contribution < 1.29 is 28.8 Å². The minimum atomic E-state index is -0.381. The molecule has 2 aromatic rings. The number of methoxy groups -OCH3 is 2. The quantitative estimate of drug-likeness (QED) is 0.525. The minimum absolute atomic E-state index is 0.131. The van der Waals surface area contributed by atoms with Crippen LogP contribution in [-0.4, -0.2) is 60.2 Å². The van der Waals surface area contributed by atoms with Crippen LogP contribution in [0.3, 0.4) is 0 Å². The molecule has 1 N–H and O–H groups in total. The average Bonchev–Trinajstić information content (AvgIpc) is 2.84. The summed E-state index contributed by atoms with van der Waals surface area (Å²) in [6.45, 7) is 6.61. The van der Waals surface area contributed by atoms with E-state index in [1.54, 1.807) is 14.2 Å². The Morgan fingerprint density at radius 3 is 2.62 bits per heavy atom. The predicted molar refractivity (Wildman–Crippen MR) is 132 cm³/mol. The third kappa shape index (κ3) is 3.66. The number of hydrogen-bond donors (Lipinski definition) is 1. The number of allylic oxidation sites excluding steroid dienone is 1. The Morgan fingerprint density at radius 1 is 1.15 bits per heavy atom. The summed E-state index contributed by atoms with van der Waals surface area (Å²) in [4.78, 5) is 0. The third-order valence-corrected chi connectivity index (χ3v) is 8.63. The van der Waals surface area contributed by atoms with Gasteiger partial charge in [0.2, 0.25) is 0 Å². The summed E-state index contributed by atoms with van der Waals surface area (Å²) in [6, 6.07) is 7.78. The molecule has 0 saturated carbocycles. The Bertz CT molecular complexity index is 1210. The van der Waals surface area contributed by atoms with Gasteiger partial charge in [0.15, 0.2) is 0 Å². The van der Waals surface area contributed by atoms with E-state index in [1.165, 1.54) is 28.1 Å². The Kier molecular flexibility index (Phi) is 6.00. The number of aliphatic hydroxyl groups is 1. The molecule has 0 fully saturated rings. The van der Waals surface area contributed by atoms with Crippen molar-refractivity contribution in [2.45, 2.75) is 49.4 Å². The van der Waals surface area contributed by atoms with Crippen molar-refractivity contribution in [3.63, 3.8) is 0 Å². The molecule has 3 aliphatic rings. The van der Waals surface area contributed by atoms with Crippen LogP contribution in [0.2, 0.25) is 3.93 Å². The molecule has 3 aliphatic heterocycles. The van der Waals surface area contributed by atoms with Gasteiger partial charge in [0.1, 0.15) is 0 Å². The summed E-state index contributed by atoms with van der Waals surface area (Å²) in [6.07, 6.45) is 2.95. The topological polar surface area (TPSA) is 66.4 Å². The van der Waals surface area contributed by atoms with Crippen molar-refractivity contribution in [2.75, 3.05) is 20.8 Å². The van der Waals surface area contributed by atoms with E-state index in [9.17, 15) is 5.11 Å². The number of benzene rings is 2. The van der Waals surface area contributed by atoms with Gasteiger partial charge in [-0.05, 0) is 0 Å². The standard InChI is InChI=1S/C27H29O6.Sn/c1-6-7-15-12-27(2,3)33-19-9-8-17-25(30-5)24-18-11-20(29-4)16(13-28)10-21(18)31-14-22(24)32-26(17)23(15)19;/h7-12,22,28H,6,13-14H2,1-5H3;/t22-;/m1./s1. The monoisotopic (exact) mass is 569 g/mol. The molecule has 0 aromatic heterocycles. The molecule has 1 unspecified atom stereocenters. The van der Waals surface area contributed by atoms with Gasteiger partial charge in [0.25, 0.3) is 0 Å². The van der Waals surface area contributed by atoms with Gasteiger partial charge < -0.3 is 5.11 Å². The van der Waals surface area contributed by atoms with Gasteiger partial charge in [-0.2, -0.15) is 0 Å². The van der Waals surface area contributed by atoms with Crippen molar-refractivity contribution in [3.05, 3.63) is 52.6 Å². The summed E-state index contributed by atoms with van der Waals surface area (Å²) >= 11 is 1.46. The van der Waals surface area contributed by atoms with Gasteiger partial charge in [-0.3, -0.25) is 0 Å². The number of fused-ring (bicyclic) bond motifs is 6. The molecule has 0 aliphatic carbocycles. The van der Waals surface area contributed by atoms with Crippen LogP contribution in [-0.2, 0) is 11.3 Å². The van der Waals surface area contributed by atoms with E-state index in [2.05, 4.69) is 26.8 Å². The maximum atomic E-state index is 9.74. The van der Waals surface area contributed by atoms with Crippen LogP contribution >= 0.6 is 0 Å². The van der Waals surface area contributed by atoms with Crippen molar-refractivity contribution in [1.29, 1.82) is 0 Å². The molecule has 6 nitrogen and oxygen atoms in total. The zero-order valence-corrected chi connectivity index (χ0v) is 23.0. The molecular weight excluding hydrogens is 539 g/mol. The average molecular weight is 568 g/mol. The van der Waals surface area contributed by atoms with E-state index in [4.69, 9.17) is 23.7 Å². The fourth-order valence-electron chi connectivity index (χ4n) is 5.01.